The van der Waals surface area contributed by atoms with Gasteiger partial charge < -0.3 is 19.4 Å². The molecule has 0 saturated carbocycles. The topological polar surface area (TPSA) is 53.1 Å². The number of rotatable bonds is 6. The van der Waals surface area contributed by atoms with Gasteiger partial charge in [-0.15, -0.1) is 0 Å². The molecular weight excluding hydrogens is 449 g/mol. The Hall–Kier alpha value is -2.54. The number of hydrogen-bond acceptors (Lipinski definition) is 4. The third kappa shape index (κ3) is 5.63. The maximum absolute atomic E-state index is 13.3. The maximum Gasteiger partial charge on any atom is 0.257 e. The van der Waals surface area contributed by atoms with Crippen molar-refractivity contribution in [3.63, 3.8) is 0 Å². The van der Waals surface area contributed by atoms with Gasteiger partial charge in [-0.2, -0.15) is 0 Å². The van der Waals surface area contributed by atoms with Gasteiger partial charge in [-0.1, -0.05) is 47.5 Å². The normalized spacial score (nSPS) is 14.3. The predicted octanol–water partition coefficient (Wildman–Crippen LogP) is 4.07. The van der Waals surface area contributed by atoms with Crippen LogP contribution in [0.25, 0.3) is 11.1 Å². The third-order valence-corrected chi connectivity index (χ3v) is 5.94. The second kappa shape index (κ2) is 10.9. The van der Waals surface area contributed by atoms with Crippen molar-refractivity contribution in [1.29, 1.82) is 0 Å². The molecule has 8 heteroatoms. The molecule has 1 aliphatic rings. The largest absolute Gasteiger partial charge is 0.496 e. The van der Waals surface area contributed by atoms with Gasteiger partial charge in [0.1, 0.15) is 5.75 Å². The zero-order valence-corrected chi connectivity index (χ0v) is 20.0. The molecule has 0 radical (unpaired) electrons. The van der Waals surface area contributed by atoms with E-state index in [1.807, 2.05) is 43.3 Å². The Kier molecular flexibility index (Phi) is 8.18. The van der Waals surface area contributed by atoms with E-state index in [-0.39, 0.29) is 11.8 Å². The Labute approximate surface area is 198 Å². The molecule has 0 unspecified atom stereocenters. The minimum Gasteiger partial charge on any atom is -0.496 e. The fraction of sp³-hybridized carbons (Fsp3) is 0.333. The van der Waals surface area contributed by atoms with Crippen molar-refractivity contribution in [3.05, 3.63) is 64.2 Å². The summed E-state index contributed by atoms with van der Waals surface area (Å²) in [4.78, 5) is 31.2. The Balaban J connectivity index is 1.77. The Morgan fingerprint density at radius 2 is 1.66 bits per heavy atom. The van der Waals surface area contributed by atoms with Crippen LogP contribution in [0.15, 0.2) is 48.6 Å². The molecular formula is C24H27Cl2N3O3. The molecule has 1 aliphatic heterocycles. The second-order valence-electron chi connectivity index (χ2n) is 7.79. The average molecular weight is 476 g/mol. The maximum atomic E-state index is 13.3. The summed E-state index contributed by atoms with van der Waals surface area (Å²) in [7, 11) is 5.40. The van der Waals surface area contributed by atoms with Crippen LogP contribution in [-0.4, -0.2) is 80.4 Å². The number of ether oxygens (including phenoxy) is 1. The molecule has 0 aliphatic carbocycles. The van der Waals surface area contributed by atoms with Gasteiger partial charge in [0.2, 0.25) is 5.91 Å². The average Bonchev–Trinajstić information content (AvgIpc) is 2.78. The van der Waals surface area contributed by atoms with Crippen molar-refractivity contribution >= 4 is 35.0 Å². The SMILES string of the molecule is COc1cc(Cl)c(-c2ccccc2Cl)cc1C(=O)N1CCN(C(=O)C=CCN(C)C)CC1. The van der Waals surface area contributed by atoms with Gasteiger partial charge in [0.05, 0.1) is 17.7 Å². The molecule has 32 heavy (non-hydrogen) atoms. The van der Waals surface area contributed by atoms with Crippen LogP contribution in [0.1, 0.15) is 10.4 Å². The fourth-order valence-corrected chi connectivity index (χ4v) is 4.04. The molecule has 0 bridgehead atoms. The standard InChI is InChI=1S/C24H27Cl2N3O3/c1-27(2)10-6-9-23(30)28-11-13-29(14-12-28)24(31)19-15-18(21(26)16-22(19)32-3)17-7-4-5-8-20(17)25/h4-9,15-16H,10-14H2,1-3H3. The summed E-state index contributed by atoms with van der Waals surface area (Å²) in [6, 6.07) is 10.7. The van der Waals surface area contributed by atoms with E-state index in [1.165, 1.54) is 7.11 Å². The third-order valence-electron chi connectivity index (χ3n) is 5.29. The number of carbonyl (C=O) groups is 2. The quantitative estimate of drug-likeness (QED) is 0.590. The van der Waals surface area contributed by atoms with E-state index in [0.717, 1.165) is 5.56 Å². The van der Waals surface area contributed by atoms with Crippen LogP contribution in [-0.2, 0) is 4.79 Å². The minimum absolute atomic E-state index is 0.0379. The Morgan fingerprint density at radius 1 is 1.00 bits per heavy atom. The highest BCUT2D eigenvalue weighted by Gasteiger charge is 2.27. The molecule has 2 amide bonds. The molecule has 6 nitrogen and oxygen atoms in total. The van der Waals surface area contributed by atoms with Gasteiger partial charge in [0, 0.05) is 61.0 Å². The first kappa shape index (κ1) is 24.1. The molecule has 0 spiro atoms. The van der Waals surface area contributed by atoms with Crippen molar-refractivity contribution < 1.29 is 14.3 Å². The monoisotopic (exact) mass is 475 g/mol. The van der Waals surface area contributed by atoms with E-state index in [2.05, 4.69) is 0 Å². The van der Waals surface area contributed by atoms with E-state index in [4.69, 9.17) is 27.9 Å². The van der Waals surface area contributed by atoms with Crippen LogP contribution in [0.5, 0.6) is 5.75 Å². The number of nitrogens with zero attached hydrogens (tertiary/aromatic N) is 3. The lowest BCUT2D eigenvalue weighted by Crippen LogP contribution is -2.50. The molecule has 1 fully saturated rings. The van der Waals surface area contributed by atoms with E-state index >= 15 is 0 Å². The molecule has 2 aromatic rings. The fourth-order valence-electron chi connectivity index (χ4n) is 3.55. The molecule has 0 N–H and O–H groups in total. The van der Waals surface area contributed by atoms with E-state index in [0.29, 0.717) is 59.6 Å². The lowest BCUT2D eigenvalue weighted by atomic mass is 10.0. The summed E-state index contributed by atoms with van der Waals surface area (Å²) < 4.78 is 5.44. The summed E-state index contributed by atoms with van der Waals surface area (Å²) in [6.45, 7) is 2.54. The number of carbonyl (C=O) groups excluding carboxylic acids is 2. The van der Waals surface area contributed by atoms with Gasteiger partial charge in [0.15, 0.2) is 0 Å². The number of likely N-dealkylation sites (N-methyl/N-ethyl adjacent to an activating group) is 1. The highest BCUT2D eigenvalue weighted by Crippen LogP contribution is 2.37. The lowest BCUT2D eigenvalue weighted by molar-refractivity contribution is -0.127. The van der Waals surface area contributed by atoms with Crippen molar-refractivity contribution in [2.24, 2.45) is 0 Å². The van der Waals surface area contributed by atoms with Crippen LogP contribution >= 0.6 is 23.2 Å². The van der Waals surface area contributed by atoms with Gasteiger partial charge in [-0.05, 0) is 26.2 Å². The predicted molar refractivity (Wildman–Crippen MR) is 129 cm³/mol. The first-order valence-electron chi connectivity index (χ1n) is 10.3. The first-order chi connectivity index (χ1) is 15.3. The zero-order chi connectivity index (χ0) is 23.3. The van der Waals surface area contributed by atoms with Gasteiger partial charge in [-0.25, -0.2) is 0 Å². The summed E-state index contributed by atoms with van der Waals surface area (Å²) in [6.07, 6.45) is 3.43. The van der Waals surface area contributed by atoms with Crippen molar-refractivity contribution in [1.82, 2.24) is 14.7 Å². The molecule has 1 heterocycles. The van der Waals surface area contributed by atoms with Crippen molar-refractivity contribution in [2.45, 2.75) is 0 Å². The van der Waals surface area contributed by atoms with Crippen LogP contribution in [0, 0.1) is 0 Å². The number of methoxy groups -OCH3 is 1. The Morgan fingerprint density at radius 3 is 2.28 bits per heavy atom. The van der Waals surface area contributed by atoms with Crippen LogP contribution < -0.4 is 4.74 Å². The minimum atomic E-state index is -0.165. The van der Waals surface area contributed by atoms with Gasteiger partial charge in [0.25, 0.3) is 5.91 Å². The van der Waals surface area contributed by atoms with Crippen molar-refractivity contribution in [3.8, 4) is 16.9 Å². The highest BCUT2D eigenvalue weighted by atomic mass is 35.5. The lowest BCUT2D eigenvalue weighted by Gasteiger charge is -2.34. The summed E-state index contributed by atoms with van der Waals surface area (Å²) in [5.41, 5.74) is 1.83. The molecule has 0 aromatic heterocycles. The van der Waals surface area contributed by atoms with Crippen LogP contribution in [0.2, 0.25) is 10.0 Å². The number of benzene rings is 2. The van der Waals surface area contributed by atoms with Gasteiger partial charge in [-0.3, -0.25) is 9.59 Å². The molecule has 2 aromatic carbocycles. The van der Waals surface area contributed by atoms with E-state index in [1.54, 1.807) is 34.1 Å². The zero-order valence-electron chi connectivity index (χ0n) is 18.5. The molecule has 1 saturated heterocycles. The first-order valence-corrected chi connectivity index (χ1v) is 11.1. The smallest absolute Gasteiger partial charge is 0.257 e. The number of hydrogen-bond donors (Lipinski definition) is 0. The van der Waals surface area contributed by atoms with E-state index in [9.17, 15) is 9.59 Å². The molecule has 3 rings (SSSR count). The summed E-state index contributed by atoms with van der Waals surface area (Å²) in [5.74, 6) is 0.201. The van der Waals surface area contributed by atoms with Crippen LogP contribution in [0.3, 0.4) is 0 Å². The number of amides is 2. The van der Waals surface area contributed by atoms with Crippen LogP contribution in [0.4, 0.5) is 0 Å². The molecule has 0 atom stereocenters. The van der Waals surface area contributed by atoms with Crippen molar-refractivity contribution in [2.75, 3.05) is 53.9 Å². The highest BCUT2D eigenvalue weighted by molar-refractivity contribution is 6.36. The summed E-state index contributed by atoms with van der Waals surface area (Å²) >= 11 is 12.8. The second-order valence-corrected chi connectivity index (χ2v) is 8.61. The van der Waals surface area contributed by atoms with Gasteiger partial charge >= 0.3 is 0 Å². The number of piperazine rings is 1. The molecule has 170 valence electrons. The van der Waals surface area contributed by atoms with E-state index < -0.39 is 0 Å². The Bertz CT molecular complexity index is 1020. The summed E-state index contributed by atoms with van der Waals surface area (Å²) in [5, 5.41) is 0.999. The number of halogens is 2.